The Balaban J connectivity index is 2.33. The number of hydrogen-bond donors (Lipinski definition) is 2. The van der Waals surface area contributed by atoms with E-state index in [0.717, 1.165) is 11.2 Å². The Kier molecular flexibility index (Phi) is 4.37. The van der Waals surface area contributed by atoms with Gasteiger partial charge in [-0.1, -0.05) is 17.7 Å². The number of alkyl halides is 1. The second kappa shape index (κ2) is 6.04. The number of halogens is 3. The summed E-state index contributed by atoms with van der Waals surface area (Å²) in [5.74, 6) is -1.68. The third kappa shape index (κ3) is 2.94. The average molecular weight is 319 g/mol. The largest absolute Gasteiger partial charge is 0.481 e. The normalized spacial score (nSPS) is 15.8. The van der Waals surface area contributed by atoms with E-state index >= 15 is 0 Å². The quantitative estimate of drug-likeness (QED) is 0.507. The number of hydrogen-bond acceptors (Lipinski definition) is 6. The van der Waals surface area contributed by atoms with Gasteiger partial charge in [0, 0.05) is 5.56 Å². The van der Waals surface area contributed by atoms with Gasteiger partial charge in [-0.3, -0.25) is 0 Å². The van der Waals surface area contributed by atoms with Crippen LogP contribution in [0.1, 0.15) is 11.1 Å². The Labute approximate surface area is 124 Å². The first-order valence-corrected chi connectivity index (χ1v) is 6.23. The first-order valence-electron chi connectivity index (χ1n) is 5.79. The number of nitrogen functional groups attached to an aromatic ring is 1. The molecule has 0 spiro atoms. The molecule has 1 heterocycles. The third-order valence-corrected chi connectivity index (χ3v) is 3.17. The number of nitrogens with one attached hydrogen (secondary N) is 1. The second-order valence-electron chi connectivity index (χ2n) is 4.01. The van der Waals surface area contributed by atoms with Crippen molar-refractivity contribution in [1.82, 2.24) is 10.5 Å². The predicted octanol–water partition coefficient (Wildman–Crippen LogP) is 2.05. The minimum Gasteiger partial charge on any atom is -0.481 e. The van der Waals surface area contributed by atoms with Crippen molar-refractivity contribution < 1.29 is 18.3 Å². The highest BCUT2D eigenvalue weighted by Gasteiger charge is 2.26. The highest BCUT2D eigenvalue weighted by Crippen LogP contribution is 2.32. The van der Waals surface area contributed by atoms with Crippen molar-refractivity contribution in [3.63, 3.8) is 0 Å². The van der Waals surface area contributed by atoms with Gasteiger partial charge < -0.3 is 15.2 Å². The molecule has 1 aliphatic rings. The molecule has 0 aliphatic carbocycles. The zero-order chi connectivity index (χ0) is 15.6. The molecule has 1 atom stereocenters. The molecule has 9 heteroatoms. The van der Waals surface area contributed by atoms with Crippen LogP contribution >= 0.6 is 11.6 Å². The van der Waals surface area contributed by atoms with Crippen molar-refractivity contribution in [2.75, 3.05) is 20.0 Å². The van der Waals surface area contributed by atoms with Gasteiger partial charge in [-0.2, -0.15) is 5.12 Å². The molecule has 6 nitrogen and oxygen atoms in total. The van der Waals surface area contributed by atoms with Crippen molar-refractivity contribution >= 4 is 23.2 Å². The highest BCUT2D eigenvalue weighted by atomic mass is 35.5. The lowest BCUT2D eigenvalue weighted by molar-refractivity contribution is 0.120. The lowest BCUT2D eigenvalue weighted by Gasteiger charge is -2.29. The number of ether oxygens (including phenoxy) is 2. The van der Waals surface area contributed by atoms with Crippen molar-refractivity contribution in [2.24, 2.45) is 5.10 Å². The minimum atomic E-state index is -1.16. The topological polar surface area (TPSA) is 72.1 Å². The summed E-state index contributed by atoms with van der Waals surface area (Å²) in [5.41, 5.74) is 7.03. The SMILES string of the molecule is COC1=CC(OC)=NN(C(Cl)c2ccc(F)c(F)c2N)N1. The molecular formula is C12H13ClF2N4O2. The molecule has 3 N–H and O–H groups in total. The first-order chi connectivity index (χ1) is 9.97. The van der Waals surface area contributed by atoms with Crippen molar-refractivity contribution in [2.45, 2.75) is 5.50 Å². The highest BCUT2D eigenvalue weighted by molar-refractivity contribution is 6.21. The summed E-state index contributed by atoms with van der Waals surface area (Å²) in [6.45, 7) is 0. The van der Waals surface area contributed by atoms with Crippen molar-refractivity contribution in [1.29, 1.82) is 0 Å². The molecule has 0 radical (unpaired) electrons. The number of benzene rings is 1. The van der Waals surface area contributed by atoms with Crippen LogP contribution in [0, 0.1) is 11.6 Å². The number of rotatable bonds is 3. The summed E-state index contributed by atoms with van der Waals surface area (Å²) < 4.78 is 36.6. The lowest BCUT2D eigenvalue weighted by Crippen LogP contribution is -2.39. The number of methoxy groups -OCH3 is 2. The predicted molar refractivity (Wildman–Crippen MR) is 73.9 cm³/mol. The van der Waals surface area contributed by atoms with Crippen molar-refractivity contribution in [3.8, 4) is 0 Å². The smallest absolute Gasteiger partial charge is 0.238 e. The van der Waals surface area contributed by atoms with Gasteiger partial charge in [0.2, 0.25) is 11.8 Å². The number of nitrogens with zero attached hydrogens (tertiary/aromatic N) is 2. The first kappa shape index (κ1) is 15.2. The molecule has 0 saturated carbocycles. The summed E-state index contributed by atoms with van der Waals surface area (Å²) in [7, 11) is 2.85. The molecule has 1 unspecified atom stereocenters. The monoisotopic (exact) mass is 318 g/mol. The minimum absolute atomic E-state index is 0.152. The molecule has 21 heavy (non-hydrogen) atoms. The van der Waals surface area contributed by atoms with Crippen LogP contribution in [0.2, 0.25) is 0 Å². The molecule has 0 saturated heterocycles. The fraction of sp³-hybridized carbons (Fsp3) is 0.250. The Morgan fingerprint density at radius 2 is 2.05 bits per heavy atom. The van der Waals surface area contributed by atoms with Gasteiger partial charge >= 0.3 is 0 Å². The van der Waals surface area contributed by atoms with Crippen LogP contribution in [0.5, 0.6) is 0 Å². The second-order valence-corrected chi connectivity index (χ2v) is 4.42. The third-order valence-electron chi connectivity index (χ3n) is 2.75. The summed E-state index contributed by atoms with van der Waals surface area (Å²) in [4.78, 5) is 0. The van der Waals surface area contributed by atoms with Crippen LogP contribution in [0.3, 0.4) is 0 Å². The Morgan fingerprint density at radius 1 is 1.33 bits per heavy atom. The van der Waals surface area contributed by atoms with Gasteiger partial charge in [-0.25, -0.2) is 14.2 Å². The van der Waals surface area contributed by atoms with Crippen LogP contribution in [-0.4, -0.2) is 25.2 Å². The van der Waals surface area contributed by atoms with E-state index in [1.807, 2.05) is 0 Å². The number of anilines is 1. The van der Waals surface area contributed by atoms with Gasteiger partial charge in [0.1, 0.15) is 0 Å². The van der Waals surface area contributed by atoms with E-state index in [9.17, 15) is 8.78 Å². The van der Waals surface area contributed by atoms with E-state index in [0.29, 0.717) is 5.88 Å². The molecular weight excluding hydrogens is 306 g/mol. The maximum absolute atomic E-state index is 13.5. The van der Waals surface area contributed by atoms with Crippen LogP contribution in [0.15, 0.2) is 29.2 Å². The summed E-state index contributed by atoms with van der Waals surface area (Å²) in [6.07, 6.45) is 1.49. The van der Waals surface area contributed by atoms with E-state index < -0.39 is 17.1 Å². The number of nitrogens with two attached hydrogens (primary N) is 1. The molecule has 1 aliphatic heterocycles. The summed E-state index contributed by atoms with van der Waals surface area (Å²) >= 11 is 6.21. The van der Waals surface area contributed by atoms with Gasteiger partial charge in [-0.05, 0) is 6.07 Å². The van der Waals surface area contributed by atoms with Crippen LogP contribution in [0.4, 0.5) is 14.5 Å². The fourth-order valence-corrected chi connectivity index (χ4v) is 1.93. The van der Waals surface area contributed by atoms with Gasteiger partial charge in [0.05, 0.1) is 26.0 Å². The Hall–Kier alpha value is -2.22. The average Bonchev–Trinajstić information content (AvgIpc) is 2.51. The standard InChI is InChI=1S/C12H13ClF2N4O2/c1-20-8-5-9(21-2)18-19(17-8)12(13)6-3-4-7(14)10(15)11(6)16/h3-5,12,17H,16H2,1-2H3. The zero-order valence-electron chi connectivity index (χ0n) is 11.2. The maximum Gasteiger partial charge on any atom is 0.238 e. The van der Waals surface area contributed by atoms with E-state index in [1.165, 1.54) is 26.4 Å². The van der Waals surface area contributed by atoms with Gasteiger partial charge in [0.15, 0.2) is 17.1 Å². The lowest BCUT2D eigenvalue weighted by atomic mass is 10.1. The van der Waals surface area contributed by atoms with E-state index in [2.05, 4.69) is 10.5 Å². The summed E-state index contributed by atoms with van der Waals surface area (Å²) in [5, 5.41) is 5.18. The van der Waals surface area contributed by atoms with E-state index in [-0.39, 0.29) is 17.1 Å². The van der Waals surface area contributed by atoms with E-state index in [1.54, 1.807) is 0 Å². The van der Waals surface area contributed by atoms with Crippen LogP contribution in [-0.2, 0) is 9.47 Å². The zero-order valence-corrected chi connectivity index (χ0v) is 12.0. The van der Waals surface area contributed by atoms with Gasteiger partial charge in [-0.15, -0.1) is 5.10 Å². The molecule has 1 aromatic carbocycles. The molecule has 114 valence electrons. The molecule has 0 bridgehead atoms. The van der Waals surface area contributed by atoms with Crippen LogP contribution in [0.25, 0.3) is 0 Å². The molecule has 0 aromatic heterocycles. The van der Waals surface area contributed by atoms with Crippen LogP contribution < -0.4 is 11.2 Å². The fourth-order valence-electron chi connectivity index (χ4n) is 1.65. The molecule has 2 rings (SSSR count). The molecule has 0 fully saturated rings. The number of hydrazine groups is 1. The van der Waals surface area contributed by atoms with Crippen molar-refractivity contribution in [3.05, 3.63) is 41.3 Å². The number of hydrazone groups is 1. The Morgan fingerprint density at radius 3 is 2.67 bits per heavy atom. The Bertz CT molecular complexity index is 609. The van der Waals surface area contributed by atoms with Gasteiger partial charge in [0.25, 0.3) is 0 Å². The van der Waals surface area contributed by atoms with E-state index in [4.69, 9.17) is 26.8 Å². The summed E-state index contributed by atoms with van der Waals surface area (Å²) in [6, 6.07) is 2.22. The maximum atomic E-state index is 13.5. The molecule has 0 amide bonds. The molecule has 1 aromatic rings.